The van der Waals surface area contributed by atoms with Gasteiger partial charge < -0.3 is 9.84 Å². The number of hydrogen-bond acceptors (Lipinski definition) is 4. The van der Waals surface area contributed by atoms with Gasteiger partial charge in [-0.1, -0.05) is 0 Å². The van der Waals surface area contributed by atoms with E-state index in [2.05, 4.69) is 0 Å². The van der Waals surface area contributed by atoms with Crippen molar-refractivity contribution in [2.75, 3.05) is 19.7 Å². The highest BCUT2D eigenvalue weighted by Gasteiger charge is 2.30. The Hall–Kier alpha value is -1.11. The summed E-state index contributed by atoms with van der Waals surface area (Å²) in [5.74, 6) is 0.786. The van der Waals surface area contributed by atoms with Crippen LogP contribution >= 0.6 is 0 Å². The van der Waals surface area contributed by atoms with Crippen molar-refractivity contribution in [1.82, 2.24) is 4.31 Å². The molecule has 110 valence electrons. The molecule has 1 unspecified atom stereocenters. The molecule has 0 amide bonds. The van der Waals surface area contributed by atoms with Gasteiger partial charge in [0.1, 0.15) is 5.75 Å². The lowest BCUT2D eigenvalue weighted by molar-refractivity contribution is 0.108. The second kappa shape index (κ2) is 5.35. The van der Waals surface area contributed by atoms with Gasteiger partial charge in [-0.05, 0) is 49.4 Å². The summed E-state index contributed by atoms with van der Waals surface area (Å²) in [6.45, 7) is 1.36. The summed E-state index contributed by atoms with van der Waals surface area (Å²) in [7, 11) is -3.51. The monoisotopic (exact) mass is 297 g/mol. The summed E-state index contributed by atoms with van der Waals surface area (Å²) >= 11 is 0. The topological polar surface area (TPSA) is 66.8 Å². The van der Waals surface area contributed by atoms with E-state index in [1.165, 1.54) is 4.31 Å². The number of aliphatic hydroxyl groups is 1. The Morgan fingerprint density at radius 1 is 1.30 bits per heavy atom. The van der Waals surface area contributed by atoms with E-state index in [-0.39, 0.29) is 6.54 Å². The second-order valence-corrected chi connectivity index (χ2v) is 7.32. The highest BCUT2D eigenvalue weighted by molar-refractivity contribution is 7.89. The fraction of sp³-hybridized carbons (Fsp3) is 0.571. The van der Waals surface area contributed by atoms with Gasteiger partial charge in [0.25, 0.3) is 0 Å². The van der Waals surface area contributed by atoms with Gasteiger partial charge >= 0.3 is 0 Å². The summed E-state index contributed by atoms with van der Waals surface area (Å²) in [5, 5.41) is 9.66. The predicted octanol–water partition coefficient (Wildman–Crippen LogP) is 1.16. The summed E-state index contributed by atoms with van der Waals surface area (Å²) in [6.07, 6.45) is 2.58. The Morgan fingerprint density at radius 3 is 2.95 bits per heavy atom. The molecular weight excluding hydrogens is 278 g/mol. The SMILES string of the molecule is O=S(=O)(c1ccc2c(c1)CCCO2)N1CCCC(O)C1. The summed E-state index contributed by atoms with van der Waals surface area (Å²) in [6, 6.07) is 5.05. The molecule has 1 aromatic carbocycles. The lowest BCUT2D eigenvalue weighted by atomic mass is 10.1. The molecule has 1 aromatic rings. The minimum Gasteiger partial charge on any atom is -0.493 e. The van der Waals surface area contributed by atoms with Gasteiger partial charge in [-0.15, -0.1) is 0 Å². The van der Waals surface area contributed by atoms with Crippen molar-refractivity contribution in [3.8, 4) is 5.75 Å². The molecule has 0 spiro atoms. The molecule has 1 saturated heterocycles. The number of β-amino-alcohol motifs (C(OH)–C–C–N with tert-alkyl or cyclic N) is 1. The minimum atomic E-state index is -3.51. The van der Waals surface area contributed by atoms with Crippen molar-refractivity contribution in [3.05, 3.63) is 23.8 Å². The number of hydrogen-bond donors (Lipinski definition) is 1. The standard InChI is InChI=1S/C14H19NO4S/c16-12-4-1-7-15(10-12)20(17,18)13-5-6-14-11(9-13)3-2-8-19-14/h5-6,9,12,16H,1-4,7-8,10H2. The van der Waals surface area contributed by atoms with E-state index in [4.69, 9.17) is 4.74 Å². The molecule has 20 heavy (non-hydrogen) atoms. The number of piperidine rings is 1. The van der Waals surface area contributed by atoms with Gasteiger partial charge in [0, 0.05) is 13.1 Å². The Balaban J connectivity index is 1.90. The molecule has 0 radical (unpaired) electrons. The van der Waals surface area contributed by atoms with Crippen LogP contribution in [0.25, 0.3) is 0 Å². The maximum Gasteiger partial charge on any atom is 0.243 e. The normalized spacial score (nSPS) is 23.9. The molecular formula is C14H19NO4S. The summed E-state index contributed by atoms with van der Waals surface area (Å²) in [5.41, 5.74) is 0.954. The maximum absolute atomic E-state index is 12.6. The van der Waals surface area contributed by atoms with Gasteiger partial charge in [0.15, 0.2) is 0 Å². The Morgan fingerprint density at radius 2 is 2.15 bits per heavy atom. The quantitative estimate of drug-likeness (QED) is 0.889. The van der Waals surface area contributed by atoms with Crippen LogP contribution in [0, 0.1) is 0 Å². The number of ether oxygens (including phenoxy) is 1. The first-order chi connectivity index (χ1) is 9.57. The van der Waals surface area contributed by atoms with Gasteiger partial charge in [0.2, 0.25) is 10.0 Å². The summed E-state index contributed by atoms with van der Waals surface area (Å²) in [4.78, 5) is 0.302. The van der Waals surface area contributed by atoms with Crippen LogP contribution in [0.5, 0.6) is 5.75 Å². The van der Waals surface area contributed by atoms with Gasteiger partial charge in [-0.2, -0.15) is 4.31 Å². The highest BCUT2D eigenvalue weighted by Crippen LogP contribution is 2.29. The molecule has 2 aliphatic rings. The van der Waals surface area contributed by atoms with Crippen LogP contribution in [0.3, 0.4) is 0 Å². The molecule has 0 saturated carbocycles. The molecule has 5 nitrogen and oxygen atoms in total. The molecule has 1 atom stereocenters. The average Bonchev–Trinajstić information content (AvgIpc) is 2.46. The molecule has 1 N–H and O–H groups in total. The molecule has 2 aliphatic heterocycles. The van der Waals surface area contributed by atoms with E-state index < -0.39 is 16.1 Å². The molecule has 0 aromatic heterocycles. The van der Waals surface area contributed by atoms with E-state index in [0.717, 1.165) is 24.2 Å². The van der Waals surface area contributed by atoms with Crippen LogP contribution in [-0.4, -0.2) is 43.6 Å². The largest absolute Gasteiger partial charge is 0.493 e. The van der Waals surface area contributed by atoms with Crippen molar-refractivity contribution in [2.45, 2.75) is 36.7 Å². The number of nitrogens with zero attached hydrogens (tertiary/aromatic N) is 1. The average molecular weight is 297 g/mol. The van der Waals surface area contributed by atoms with E-state index >= 15 is 0 Å². The first kappa shape index (κ1) is 13.9. The highest BCUT2D eigenvalue weighted by atomic mass is 32.2. The van der Waals surface area contributed by atoms with E-state index in [9.17, 15) is 13.5 Å². The van der Waals surface area contributed by atoms with Crippen LogP contribution in [0.4, 0.5) is 0 Å². The van der Waals surface area contributed by atoms with Crippen LogP contribution in [0.1, 0.15) is 24.8 Å². The Kier molecular flexibility index (Phi) is 3.70. The third kappa shape index (κ3) is 2.55. The lowest BCUT2D eigenvalue weighted by Crippen LogP contribution is -2.42. The zero-order valence-electron chi connectivity index (χ0n) is 11.3. The Bertz CT molecular complexity index is 599. The first-order valence-electron chi connectivity index (χ1n) is 7.01. The van der Waals surface area contributed by atoms with E-state index in [0.29, 0.717) is 30.9 Å². The van der Waals surface area contributed by atoms with E-state index in [1.807, 2.05) is 0 Å². The van der Waals surface area contributed by atoms with Crippen LogP contribution in [0.15, 0.2) is 23.1 Å². The molecule has 0 bridgehead atoms. The molecule has 0 aliphatic carbocycles. The van der Waals surface area contributed by atoms with E-state index in [1.54, 1.807) is 18.2 Å². The van der Waals surface area contributed by atoms with Crippen LogP contribution in [-0.2, 0) is 16.4 Å². The number of benzene rings is 1. The number of aliphatic hydroxyl groups excluding tert-OH is 1. The van der Waals surface area contributed by atoms with Crippen LogP contribution in [0.2, 0.25) is 0 Å². The lowest BCUT2D eigenvalue weighted by Gasteiger charge is -2.29. The number of sulfonamides is 1. The number of aryl methyl sites for hydroxylation is 1. The smallest absolute Gasteiger partial charge is 0.243 e. The van der Waals surface area contributed by atoms with Crippen molar-refractivity contribution >= 4 is 10.0 Å². The van der Waals surface area contributed by atoms with Crippen molar-refractivity contribution in [3.63, 3.8) is 0 Å². The fourth-order valence-electron chi connectivity index (χ4n) is 2.79. The van der Waals surface area contributed by atoms with Gasteiger partial charge in [0.05, 0.1) is 17.6 Å². The molecule has 6 heteroatoms. The second-order valence-electron chi connectivity index (χ2n) is 5.38. The van der Waals surface area contributed by atoms with Crippen LogP contribution < -0.4 is 4.74 Å². The Labute approximate surface area is 119 Å². The van der Waals surface area contributed by atoms with Crippen molar-refractivity contribution in [2.24, 2.45) is 0 Å². The zero-order valence-corrected chi connectivity index (χ0v) is 12.1. The molecule has 2 heterocycles. The first-order valence-corrected chi connectivity index (χ1v) is 8.45. The summed E-state index contributed by atoms with van der Waals surface area (Å²) < 4.78 is 32.1. The van der Waals surface area contributed by atoms with Gasteiger partial charge in [-0.3, -0.25) is 0 Å². The minimum absolute atomic E-state index is 0.190. The fourth-order valence-corrected chi connectivity index (χ4v) is 4.35. The van der Waals surface area contributed by atoms with Crippen molar-refractivity contribution < 1.29 is 18.3 Å². The maximum atomic E-state index is 12.6. The van der Waals surface area contributed by atoms with Crippen molar-refractivity contribution in [1.29, 1.82) is 0 Å². The zero-order chi connectivity index (χ0) is 14.2. The van der Waals surface area contributed by atoms with Gasteiger partial charge in [-0.25, -0.2) is 8.42 Å². The molecule has 3 rings (SSSR count). The third-order valence-electron chi connectivity index (χ3n) is 3.88. The predicted molar refractivity (Wildman–Crippen MR) is 74.3 cm³/mol. The number of rotatable bonds is 2. The molecule has 1 fully saturated rings. The third-order valence-corrected chi connectivity index (χ3v) is 5.74. The number of fused-ring (bicyclic) bond motifs is 1.